The zero-order valence-electron chi connectivity index (χ0n) is 6.67. The third-order valence-electron chi connectivity index (χ3n) is 1.55. The highest BCUT2D eigenvalue weighted by atomic mass is 19.1. The molecule has 0 radical (unpaired) electrons. The predicted molar refractivity (Wildman–Crippen MR) is 41.3 cm³/mol. The molecule has 0 aliphatic carbocycles. The molecule has 0 fully saturated rings. The zero-order chi connectivity index (χ0) is 9.84. The molecular weight excluding hydrogens is 176 g/mol. The van der Waals surface area contributed by atoms with Crippen molar-refractivity contribution >= 4 is 0 Å². The Morgan fingerprint density at radius 2 is 2.23 bits per heavy atom. The van der Waals surface area contributed by atoms with Crippen molar-refractivity contribution in [3.63, 3.8) is 0 Å². The van der Waals surface area contributed by atoms with Crippen LogP contribution >= 0.6 is 0 Å². The van der Waals surface area contributed by atoms with Crippen LogP contribution in [0.4, 0.5) is 8.78 Å². The van der Waals surface area contributed by atoms with E-state index in [0.29, 0.717) is 0 Å². The molecule has 0 saturated heterocycles. The monoisotopic (exact) mass is 183 g/mol. The van der Waals surface area contributed by atoms with E-state index in [4.69, 9.17) is 11.0 Å². The van der Waals surface area contributed by atoms with Gasteiger partial charge in [0.05, 0.1) is 12.5 Å². The SMILES string of the molecule is N#CCC(N)c1ccc(F)nc1F. The number of hydrogen-bond donors (Lipinski definition) is 1. The largest absolute Gasteiger partial charge is 0.323 e. The number of nitrogens with zero attached hydrogens (tertiary/aromatic N) is 2. The molecule has 0 bridgehead atoms. The van der Waals surface area contributed by atoms with Gasteiger partial charge in [-0.15, -0.1) is 0 Å². The van der Waals surface area contributed by atoms with E-state index in [1.165, 1.54) is 6.07 Å². The Labute approximate surface area is 73.8 Å². The molecule has 3 nitrogen and oxygen atoms in total. The first kappa shape index (κ1) is 9.55. The van der Waals surface area contributed by atoms with Gasteiger partial charge in [-0.3, -0.25) is 0 Å². The summed E-state index contributed by atoms with van der Waals surface area (Å²) < 4.78 is 25.2. The summed E-state index contributed by atoms with van der Waals surface area (Å²) in [6, 6.07) is 3.25. The molecule has 0 aliphatic rings. The van der Waals surface area contributed by atoms with Crippen molar-refractivity contribution in [3.8, 4) is 6.07 Å². The molecule has 1 aromatic heterocycles. The molecule has 1 heterocycles. The van der Waals surface area contributed by atoms with E-state index < -0.39 is 17.9 Å². The van der Waals surface area contributed by atoms with Crippen LogP contribution in [0.3, 0.4) is 0 Å². The summed E-state index contributed by atoms with van der Waals surface area (Å²) in [7, 11) is 0. The highest BCUT2D eigenvalue weighted by Gasteiger charge is 2.12. The van der Waals surface area contributed by atoms with Crippen LogP contribution in [0.25, 0.3) is 0 Å². The first-order valence-corrected chi connectivity index (χ1v) is 3.59. The number of nitrogens with two attached hydrogens (primary N) is 1. The van der Waals surface area contributed by atoms with Crippen LogP contribution in [-0.4, -0.2) is 4.98 Å². The molecule has 2 N–H and O–H groups in total. The summed E-state index contributed by atoms with van der Waals surface area (Å²) in [6.07, 6.45) is -0.0236. The van der Waals surface area contributed by atoms with Crippen molar-refractivity contribution in [2.75, 3.05) is 0 Å². The number of nitriles is 1. The Bertz CT molecular complexity index is 346. The lowest BCUT2D eigenvalue weighted by molar-refractivity contribution is 0.493. The van der Waals surface area contributed by atoms with Crippen LogP contribution in [0.5, 0.6) is 0 Å². The highest BCUT2D eigenvalue weighted by Crippen LogP contribution is 2.15. The maximum Gasteiger partial charge on any atom is 0.220 e. The summed E-state index contributed by atoms with van der Waals surface area (Å²) in [6.45, 7) is 0. The van der Waals surface area contributed by atoms with Gasteiger partial charge in [0.2, 0.25) is 11.9 Å². The fraction of sp³-hybridized carbons (Fsp3) is 0.250. The second-order valence-corrected chi connectivity index (χ2v) is 2.48. The fourth-order valence-corrected chi connectivity index (χ4v) is 0.908. The van der Waals surface area contributed by atoms with Crippen molar-refractivity contribution < 1.29 is 8.78 Å². The molecule has 0 aliphatic heterocycles. The Hall–Kier alpha value is -1.54. The second kappa shape index (κ2) is 3.92. The van der Waals surface area contributed by atoms with Gasteiger partial charge in [-0.2, -0.15) is 19.0 Å². The van der Waals surface area contributed by atoms with E-state index in [0.717, 1.165) is 6.07 Å². The molecule has 1 unspecified atom stereocenters. The lowest BCUT2D eigenvalue weighted by Crippen LogP contribution is -2.12. The molecule has 1 rings (SSSR count). The van der Waals surface area contributed by atoms with Gasteiger partial charge in [-0.05, 0) is 12.1 Å². The number of hydrogen-bond acceptors (Lipinski definition) is 3. The van der Waals surface area contributed by atoms with Crippen LogP contribution in [0.15, 0.2) is 12.1 Å². The van der Waals surface area contributed by atoms with E-state index in [1.54, 1.807) is 6.07 Å². The van der Waals surface area contributed by atoms with Gasteiger partial charge >= 0.3 is 0 Å². The van der Waals surface area contributed by atoms with Crippen LogP contribution in [0.2, 0.25) is 0 Å². The van der Waals surface area contributed by atoms with Crippen molar-refractivity contribution in [3.05, 3.63) is 29.6 Å². The van der Waals surface area contributed by atoms with E-state index >= 15 is 0 Å². The molecule has 68 valence electrons. The van der Waals surface area contributed by atoms with Crippen molar-refractivity contribution in [1.29, 1.82) is 5.26 Å². The maximum absolute atomic E-state index is 12.9. The molecule has 0 spiro atoms. The summed E-state index contributed by atoms with van der Waals surface area (Å²) in [4.78, 5) is 2.95. The van der Waals surface area contributed by atoms with E-state index in [1.807, 2.05) is 0 Å². The smallest absolute Gasteiger partial charge is 0.220 e. The minimum Gasteiger partial charge on any atom is -0.323 e. The normalized spacial score (nSPS) is 12.2. The van der Waals surface area contributed by atoms with Gasteiger partial charge in [-0.25, -0.2) is 0 Å². The van der Waals surface area contributed by atoms with Gasteiger partial charge in [-0.1, -0.05) is 0 Å². The standard InChI is InChI=1S/C8H7F2N3/c9-7-2-1-5(8(10)13-7)6(12)3-4-11/h1-2,6H,3,12H2. The van der Waals surface area contributed by atoms with Crippen LogP contribution in [0.1, 0.15) is 18.0 Å². The zero-order valence-corrected chi connectivity index (χ0v) is 6.67. The third-order valence-corrected chi connectivity index (χ3v) is 1.55. The molecule has 1 atom stereocenters. The van der Waals surface area contributed by atoms with E-state index in [-0.39, 0.29) is 12.0 Å². The summed E-state index contributed by atoms with van der Waals surface area (Å²) in [5.74, 6) is -1.85. The molecule has 1 aromatic rings. The van der Waals surface area contributed by atoms with Crippen molar-refractivity contribution in [2.45, 2.75) is 12.5 Å². The molecule has 0 aromatic carbocycles. The van der Waals surface area contributed by atoms with Gasteiger partial charge in [0.25, 0.3) is 0 Å². The maximum atomic E-state index is 12.9. The van der Waals surface area contributed by atoms with Crippen molar-refractivity contribution in [1.82, 2.24) is 4.98 Å². The Balaban J connectivity index is 2.96. The lowest BCUT2D eigenvalue weighted by atomic mass is 10.1. The Morgan fingerprint density at radius 1 is 1.54 bits per heavy atom. The van der Waals surface area contributed by atoms with E-state index in [2.05, 4.69) is 4.98 Å². The second-order valence-electron chi connectivity index (χ2n) is 2.48. The number of aromatic nitrogens is 1. The summed E-state index contributed by atoms with van der Waals surface area (Å²) in [5.41, 5.74) is 5.49. The Kier molecular flexibility index (Phi) is 2.88. The number of halogens is 2. The predicted octanol–water partition coefficient (Wildman–Crippen LogP) is 1.27. The molecule has 0 amide bonds. The third kappa shape index (κ3) is 2.20. The number of rotatable bonds is 2. The molecule has 0 saturated carbocycles. The molecule has 13 heavy (non-hydrogen) atoms. The quantitative estimate of drug-likeness (QED) is 0.702. The lowest BCUT2D eigenvalue weighted by Gasteiger charge is -2.07. The number of pyridine rings is 1. The minimum absolute atomic E-state index is 0.0236. The molecule has 5 heteroatoms. The average Bonchev–Trinajstić information content (AvgIpc) is 2.04. The average molecular weight is 183 g/mol. The van der Waals surface area contributed by atoms with Gasteiger partial charge < -0.3 is 5.73 Å². The first-order chi connectivity index (χ1) is 6.15. The highest BCUT2D eigenvalue weighted by molar-refractivity contribution is 5.16. The summed E-state index contributed by atoms with van der Waals surface area (Å²) in [5, 5.41) is 8.30. The van der Waals surface area contributed by atoms with Crippen LogP contribution in [-0.2, 0) is 0 Å². The van der Waals surface area contributed by atoms with E-state index in [9.17, 15) is 8.78 Å². The van der Waals surface area contributed by atoms with Crippen LogP contribution in [0, 0.1) is 23.2 Å². The van der Waals surface area contributed by atoms with Gasteiger partial charge in [0.1, 0.15) is 0 Å². The summed E-state index contributed by atoms with van der Waals surface area (Å²) >= 11 is 0. The first-order valence-electron chi connectivity index (χ1n) is 3.59. The fourth-order valence-electron chi connectivity index (χ4n) is 0.908. The van der Waals surface area contributed by atoms with Gasteiger partial charge in [0.15, 0.2) is 0 Å². The van der Waals surface area contributed by atoms with Crippen LogP contribution < -0.4 is 5.73 Å². The van der Waals surface area contributed by atoms with Gasteiger partial charge in [0, 0.05) is 11.6 Å². The topological polar surface area (TPSA) is 62.7 Å². The van der Waals surface area contributed by atoms with Crippen molar-refractivity contribution in [2.24, 2.45) is 5.73 Å². The molecular formula is C8H7F2N3. The Morgan fingerprint density at radius 3 is 2.77 bits per heavy atom. The minimum atomic E-state index is -0.956.